The lowest BCUT2D eigenvalue weighted by molar-refractivity contribution is -0.144. The quantitative estimate of drug-likeness (QED) is 0.764. The Hall–Kier alpha value is -1.06. The molecule has 0 radical (unpaired) electrons. The van der Waals surface area contributed by atoms with Crippen molar-refractivity contribution >= 4 is 11.8 Å². The first-order valence-corrected chi connectivity index (χ1v) is 6.16. The van der Waals surface area contributed by atoms with Gasteiger partial charge in [0.1, 0.15) is 6.04 Å². The van der Waals surface area contributed by atoms with Gasteiger partial charge in [0.25, 0.3) is 0 Å². The molecule has 0 spiro atoms. The van der Waals surface area contributed by atoms with Gasteiger partial charge in [-0.05, 0) is 18.8 Å². The molecule has 2 atom stereocenters. The summed E-state index contributed by atoms with van der Waals surface area (Å²) in [5.41, 5.74) is 0. The third-order valence-corrected chi connectivity index (χ3v) is 3.00. The summed E-state index contributed by atoms with van der Waals surface area (Å²) in [6.07, 6.45) is 2.89. The van der Waals surface area contributed by atoms with Crippen molar-refractivity contribution in [3.8, 4) is 0 Å². The van der Waals surface area contributed by atoms with Crippen LogP contribution in [0.2, 0.25) is 0 Å². The second-order valence-corrected chi connectivity index (χ2v) is 4.64. The van der Waals surface area contributed by atoms with Crippen LogP contribution in [0.3, 0.4) is 0 Å². The molecule has 1 saturated heterocycles. The fraction of sp³-hybridized carbons (Fsp3) is 0.833. The maximum absolute atomic E-state index is 12.0. The van der Waals surface area contributed by atoms with Gasteiger partial charge in [0.2, 0.25) is 11.8 Å². The van der Waals surface area contributed by atoms with Crippen LogP contribution in [0.4, 0.5) is 0 Å². The molecular formula is C12H22N2O2. The van der Waals surface area contributed by atoms with E-state index in [9.17, 15) is 9.59 Å². The molecule has 16 heavy (non-hydrogen) atoms. The zero-order valence-corrected chi connectivity index (χ0v) is 10.5. The summed E-state index contributed by atoms with van der Waals surface area (Å²) in [5, 5.41) is 2.72. The van der Waals surface area contributed by atoms with Crippen molar-refractivity contribution in [2.24, 2.45) is 5.92 Å². The van der Waals surface area contributed by atoms with Crippen LogP contribution in [0.25, 0.3) is 0 Å². The third-order valence-electron chi connectivity index (χ3n) is 3.00. The average Bonchev–Trinajstić information content (AvgIpc) is 2.23. The molecule has 1 N–H and O–H groups in total. The van der Waals surface area contributed by atoms with Crippen LogP contribution in [-0.4, -0.2) is 35.8 Å². The number of amides is 2. The maximum atomic E-state index is 12.0. The maximum Gasteiger partial charge on any atom is 0.245 e. The number of carbonyl (C=O) groups excluding carboxylic acids is 2. The Bertz CT molecular complexity index is 266. The summed E-state index contributed by atoms with van der Waals surface area (Å²) in [6.45, 7) is 7.11. The number of nitrogens with zero attached hydrogens (tertiary/aromatic N) is 1. The highest BCUT2D eigenvalue weighted by molar-refractivity contribution is 5.94. The molecule has 1 aliphatic rings. The van der Waals surface area contributed by atoms with Gasteiger partial charge >= 0.3 is 0 Å². The van der Waals surface area contributed by atoms with E-state index in [2.05, 4.69) is 19.2 Å². The standard InChI is InChI=1S/C12H22N2O2/c1-4-6-9(3)7-14-8-11(15)13-10(5-2)12(14)16/h9-10H,4-8H2,1-3H3,(H,13,15). The molecule has 1 fully saturated rings. The summed E-state index contributed by atoms with van der Waals surface area (Å²) in [5.74, 6) is 0.512. The number of nitrogens with one attached hydrogen (secondary N) is 1. The topological polar surface area (TPSA) is 49.4 Å². The Morgan fingerprint density at radius 2 is 2.12 bits per heavy atom. The highest BCUT2D eigenvalue weighted by Gasteiger charge is 2.31. The molecule has 2 unspecified atom stereocenters. The van der Waals surface area contributed by atoms with Crippen LogP contribution in [-0.2, 0) is 9.59 Å². The fourth-order valence-corrected chi connectivity index (χ4v) is 2.16. The lowest BCUT2D eigenvalue weighted by Gasteiger charge is -2.33. The number of hydrogen-bond donors (Lipinski definition) is 1. The minimum Gasteiger partial charge on any atom is -0.343 e. The van der Waals surface area contributed by atoms with Crippen LogP contribution in [0, 0.1) is 5.92 Å². The number of hydrogen-bond acceptors (Lipinski definition) is 2. The van der Waals surface area contributed by atoms with Crippen molar-refractivity contribution in [3.05, 3.63) is 0 Å². The highest BCUT2D eigenvalue weighted by Crippen LogP contribution is 2.12. The molecular weight excluding hydrogens is 204 g/mol. The van der Waals surface area contributed by atoms with Gasteiger partial charge < -0.3 is 10.2 Å². The van der Waals surface area contributed by atoms with Crippen LogP contribution in [0.5, 0.6) is 0 Å². The first-order valence-electron chi connectivity index (χ1n) is 6.16. The van der Waals surface area contributed by atoms with Crippen molar-refractivity contribution in [2.75, 3.05) is 13.1 Å². The molecule has 1 rings (SSSR count). The van der Waals surface area contributed by atoms with Crippen molar-refractivity contribution in [3.63, 3.8) is 0 Å². The average molecular weight is 226 g/mol. The Kier molecular flexibility index (Phi) is 4.77. The molecule has 4 heteroatoms. The molecule has 0 aliphatic carbocycles. The third kappa shape index (κ3) is 3.22. The minimum atomic E-state index is -0.310. The largest absolute Gasteiger partial charge is 0.343 e. The van der Waals surface area contributed by atoms with Crippen molar-refractivity contribution in [1.82, 2.24) is 10.2 Å². The van der Waals surface area contributed by atoms with Gasteiger partial charge in [-0.25, -0.2) is 0 Å². The predicted octanol–water partition coefficient (Wildman–Crippen LogP) is 1.16. The summed E-state index contributed by atoms with van der Waals surface area (Å²) >= 11 is 0. The van der Waals surface area contributed by atoms with Crippen molar-refractivity contribution < 1.29 is 9.59 Å². The summed E-state index contributed by atoms with van der Waals surface area (Å²) in [6, 6.07) is -0.310. The number of piperazine rings is 1. The van der Waals surface area contributed by atoms with E-state index in [-0.39, 0.29) is 24.4 Å². The molecule has 0 saturated carbocycles. The lowest BCUT2D eigenvalue weighted by atomic mass is 10.0. The molecule has 0 aromatic heterocycles. The Morgan fingerprint density at radius 1 is 1.44 bits per heavy atom. The molecule has 2 amide bonds. The van der Waals surface area contributed by atoms with Crippen LogP contribution >= 0.6 is 0 Å². The van der Waals surface area contributed by atoms with Crippen molar-refractivity contribution in [2.45, 2.75) is 46.1 Å². The molecule has 0 bridgehead atoms. The summed E-state index contributed by atoms with van der Waals surface area (Å²) < 4.78 is 0. The van der Waals surface area contributed by atoms with Gasteiger partial charge in [-0.15, -0.1) is 0 Å². The number of carbonyl (C=O) groups is 2. The Labute approximate surface area is 97.4 Å². The normalized spacial score (nSPS) is 23.2. The van der Waals surface area contributed by atoms with E-state index in [1.54, 1.807) is 4.90 Å². The molecule has 4 nitrogen and oxygen atoms in total. The molecule has 1 heterocycles. The Balaban J connectivity index is 2.57. The molecule has 1 aliphatic heterocycles. The second-order valence-electron chi connectivity index (χ2n) is 4.64. The predicted molar refractivity (Wildman–Crippen MR) is 62.9 cm³/mol. The summed E-state index contributed by atoms with van der Waals surface area (Å²) in [7, 11) is 0. The monoisotopic (exact) mass is 226 g/mol. The van der Waals surface area contributed by atoms with E-state index in [4.69, 9.17) is 0 Å². The van der Waals surface area contributed by atoms with Crippen LogP contribution in [0.1, 0.15) is 40.0 Å². The number of rotatable bonds is 5. The van der Waals surface area contributed by atoms with E-state index in [1.165, 1.54) is 0 Å². The minimum absolute atomic E-state index is 0.0323. The molecule has 0 aromatic rings. The van der Waals surface area contributed by atoms with Gasteiger partial charge in [0.05, 0.1) is 6.54 Å². The van der Waals surface area contributed by atoms with Crippen LogP contribution in [0.15, 0.2) is 0 Å². The highest BCUT2D eigenvalue weighted by atomic mass is 16.2. The van der Waals surface area contributed by atoms with E-state index in [1.807, 2.05) is 6.92 Å². The van der Waals surface area contributed by atoms with Gasteiger partial charge in [0.15, 0.2) is 0 Å². The van der Waals surface area contributed by atoms with Gasteiger partial charge in [-0.1, -0.05) is 27.2 Å². The fourth-order valence-electron chi connectivity index (χ4n) is 2.16. The second kappa shape index (κ2) is 5.87. The van der Waals surface area contributed by atoms with E-state index < -0.39 is 0 Å². The lowest BCUT2D eigenvalue weighted by Crippen LogP contribution is -2.58. The first-order chi connectivity index (χ1) is 7.58. The zero-order valence-electron chi connectivity index (χ0n) is 10.5. The van der Waals surface area contributed by atoms with Gasteiger partial charge in [0, 0.05) is 6.54 Å². The van der Waals surface area contributed by atoms with Crippen LogP contribution < -0.4 is 5.32 Å². The van der Waals surface area contributed by atoms with Gasteiger partial charge in [-0.2, -0.15) is 0 Å². The van der Waals surface area contributed by atoms with E-state index >= 15 is 0 Å². The van der Waals surface area contributed by atoms with E-state index in [0.717, 1.165) is 12.8 Å². The Morgan fingerprint density at radius 3 is 2.69 bits per heavy atom. The summed E-state index contributed by atoms with van der Waals surface area (Å²) in [4.78, 5) is 25.1. The SMILES string of the molecule is CCCC(C)CN1CC(=O)NC(CC)C1=O. The molecule has 0 aromatic carbocycles. The van der Waals surface area contributed by atoms with E-state index in [0.29, 0.717) is 18.9 Å². The van der Waals surface area contributed by atoms with Gasteiger partial charge in [-0.3, -0.25) is 9.59 Å². The molecule has 92 valence electrons. The first kappa shape index (κ1) is 13.0. The zero-order chi connectivity index (χ0) is 12.1. The smallest absolute Gasteiger partial charge is 0.245 e. The van der Waals surface area contributed by atoms with Crippen molar-refractivity contribution in [1.29, 1.82) is 0 Å².